The number of ether oxygens (including phenoxy) is 2. The molecular weight excluding hydrogens is 527 g/mol. The van der Waals surface area contributed by atoms with Crippen LogP contribution < -0.4 is 9.47 Å². The van der Waals surface area contributed by atoms with E-state index in [1.807, 2.05) is 60.7 Å². The Labute approximate surface area is 236 Å². The molecule has 0 atom stereocenters. The second-order valence-corrected chi connectivity index (χ2v) is 11.0. The van der Waals surface area contributed by atoms with E-state index in [-0.39, 0.29) is 35.2 Å². The van der Waals surface area contributed by atoms with Crippen molar-refractivity contribution in [2.75, 3.05) is 19.7 Å². The molecule has 0 N–H and O–H groups in total. The summed E-state index contributed by atoms with van der Waals surface area (Å²) in [5, 5.41) is 2.56. The van der Waals surface area contributed by atoms with Crippen molar-refractivity contribution in [1.29, 1.82) is 0 Å². The minimum Gasteiger partial charge on any atom is -0.472 e. The van der Waals surface area contributed by atoms with Crippen LogP contribution in [0.1, 0.15) is 31.2 Å². The van der Waals surface area contributed by atoms with Crippen molar-refractivity contribution in [2.24, 2.45) is 0 Å². The highest BCUT2D eigenvalue weighted by molar-refractivity contribution is 6.36. The summed E-state index contributed by atoms with van der Waals surface area (Å²) in [7, 11) is 0. The topological polar surface area (TPSA) is 60.4 Å². The smallest absolute Gasteiger partial charge is 0.320 e. The maximum atomic E-state index is 16.4. The molecule has 0 amide bonds. The zero-order chi connectivity index (χ0) is 27.1. The van der Waals surface area contributed by atoms with E-state index in [1.165, 1.54) is 0 Å². The van der Waals surface area contributed by atoms with Crippen LogP contribution in [0.4, 0.5) is 4.39 Å². The molecule has 0 radical (unpaired) electrons. The Hall–Kier alpha value is -3.81. The highest BCUT2D eigenvalue weighted by Gasteiger charge is 2.45. The summed E-state index contributed by atoms with van der Waals surface area (Å²) in [6, 6.07) is 21.1. The molecule has 2 saturated heterocycles. The molecule has 40 heavy (non-hydrogen) atoms. The van der Waals surface area contributed by atoms with Gasteiger partial charge in [0, 0.05) is 22.2 Å². The van der Waals surface area contributed by atoms with E-state index in [1.54, 1.807) is 12.3 Å². The van der Waals surface area contributed by atoms with Crippen molar-refractivity contribution in [3.05, 3.63) is 89.3 Å². The van der Waals surface area contributed by atoms with Gasteiger partial charge in [-0.25, -0.2) is 4.39 Å². The van der Waals surface area contributed by atoms with Gasteiger partial charge in [0.2, 0.25) is 5.88 Å². The largest absolute Gasteiger partial charge is 0.472 e. The van der Waals surface area contributed by atoms with Crippen molar-refractivity contribution in [3.63, 3.8) is 0 Å². The normalized spacial score (nSPS) is 16.4. The molecule has 2 aliphatic heterocycles. The molecule has 0 saturated carbocycles. The summed E-state index contributed by atoms with van der Waals surface area (Å²) in [5.74, 6) is -0.326. The fraction of sp³-hybridized carbons (Fsp3) is 0.281. The number of pyridine rings is 1. The van der Waals surface area contributed by atoms with Gasteiger partial charge >= 0.3 is 6.01 Å². The standard InChI is InChI=1S/C32H28ClFN4O2/c33-25-13-5-11-22-10-4-12-23(26(22)25)28-27(34)29-24(18-35-28)30(39-19-21-8-2-1-3-9-21)37-31(36-29)40-20-32-14-6-16-38(32)17-7-15-32/h1-5,8-13,18H,6-7,14-17,19-20H2. The molecule has 5 aromatic rings. The lowest BCUT2D eigenvalue weighted by atomic mass is 9.95. The van der Waals surface area contributed by atoms with Gasteiger partial charge in [-0.1, -0.05) is 72.3 Å². The average Bonchev–Trinajstić information content (AvgIpc) is 3.57. The summed E-state index contributed by atoms with van der Waals surface area (Å²) in [6.45, 7) is 2.91. The number of hydrogen-bond acceptors (Lipinski definition) is 6. The van der Waals surface area contributed by atoms with Gasteiger partial charge in [-0.05, 0) is 55.8 Å². The average molecular weight is 555 g/mol. The Balaban J connectivity index is 1.32. The first-order valence-electron chi connectivity index (χ1n) is 13.7. The summed E-state index contributed by atoms with van der Waals surface area (Å²) in [5.41, 5.74) is 1.85. The molecule has 2 aliphatic rings. The summed E-state index contributed by atoms with van der Waals surface area (Å²) >= 11 is 6.56. The van der Waals surface area contributed by atoms with Crippen LogP contribution >= 0.6 is 11.6 Å². The van der Waals surface area contributed by atoms with E-state index in [0.717, 1.165) is 55.1 Å². The van der Waals surface area contributed by atoms with Crippen LogP contribution in [-0.4, -0.2) is 45.1 Å². The third kappa shape index (κ3) is 4.43. The molecule has 0 aliphatic carbocycles. The molecule has 6 nitrogen and oxygen atoms in total. The summed E-state index contributed by atoms with van der Waals surface area (Å²) in [6.07, 6.45) is 6.06. The molecule has 2 aromatic heterocycles. The van der Waals surface area contributed by atoms with Gasteiger partial charge < -0.3 is 9.47 Å². The van der Waals surface area contributed by atoms with Crippen LogP contribution in [0.15, 0.2) is 72.9 Å². The number of halogens is 2. The number of rotatable bonds is 7. The van der Waals surface area contributed by atoms with Crippen LogP contribution in [0, 0.1) is 5.82 Å². The Morgan fingerprint density at radius 2 is 1.68 bits per heavy atom. The maximum Gasteiger partial charge on any atom is 0.320 e. The Morgan fingerprint density at radius 3 is 2.48 bits per heavy atom. The van der Waals surface area contributed by atoms with E-state index >= 15 is 4.39 Å². The van der Waals surface area contributed by atoms with Gasteiger partial charge in [0.1, 0.15) is 24.4 Å². The summed E-state index contributed by atoms with van der Waals surface area (Å²) in [4.78, 5) is 16.2. The van der Waals surface area contributed by atoms with Crippen LogP contribution in [-0.2, 0) is 6.61 Å². The van der Waals surface area contributed by atoms with Gasteiger partial charge in [-0.15, -0.1) is 0 Å². The molecule has 0 unspecified atom stereocenters. The number of nitrogens with zero attached hydrogens (tertiary/aromatic N) is 4. The first-order valence-corrected chi connectivity index (χ1v) is 14.1. The van der Waals surface area contributed by atoms with Crippen LogP contribution in [0.2, 0.25) is 5.02 Å². The molecule has 0 spiro atoms. The lowest BCUT2D eigenvalue weighted by Gasteiger charge is -2.31. The van der Waals surface area contributed by atoms with Gasteiger partial charge in [-0.2, -0.15) is 9.97 Å². The number of aromatic nitrogens is 3. The fourth-order valence-electron chi connectivity index (χ4n) is 6.25. The third-order valence-corrected chi connectivity index (χ3v) is 8.55. The highest BCUT2D eigenvalue weighted by atomic mass is 35.5. The monoisotopic (exact) mass is 554 g/mol. The highest BCUT2D eigenvalue weighted by Crippen LogP contribution is 2.40. The van der Waals surface area contributed by atoms with Crippen molar-refractivity contribution < 1.29 is 13.9 Å². The molecule has 3 aromatic carbocycles. The second kappa shape index (κ2) is 10.3. The van der Waals surface area contributed by atoms with Gasteiger partial charge in [0.25, 0.3) is 0 Å². The quantitative estimate of drug-likeness (QED) is 0.212. The predicted molar refractivity (Wildman–Crippen MR) is 154 cm³/mol. The van der Waals surface area contributed by atoms with E-state index in [4.69, 9.17) is 21.1 Å². The van der Waals surface area contributed by atoms with Crippen molar-refractivity contribution in [1.82, 2.24) is 19.9 Å². The van der Waals surface area contributed by atoms with Crippen molar-refractivity contribution in [3.8, 4) is 23.1 Å². The molecular formula is C32H28ClFN4O2. The number of benzene rings is 3. The Bertz CT molecular complexity index is 1700. The molecule has 202 valence electrons. The van der Waals surface area contributed by atoms with Gasteiger partial charge in [0.15, 0.2) is 5.82 Å². The van der Waals surface area contributed by atoms with Crippen LogP contribution in [0.5, 0.6) is 11.9 Å². The molecule has 0 bridgehead atoms. The SMILES string of the molecule is Fc1c(-c2cccc3cccc(Cl)c23)ncc2c(OCc3ccccc3)nc(OCC34CCCN3CCC4)nc12. The minimum absolute atomic E-state index is 0.00499. The first kappa shape index (κ1) is 25.2. The van der Waals surface area contributed by atoms with E-state index < -0.39 is 5.82 Å². The van der Waals surface area contributed by atoms with E-state index in [2.05, 4.69) is 19.9 Å². The first-order chi connectivity index (χ1) is 19.6. The summed E-state index contributed by atoms with van der Waals surface area (Å²) < 4.78 is 28.7. The predicted octanol–water partition coefficient (Wildman–Crippen LogP) is 7.22. The Morgan fingerprint density at radius 1 is 0.900 bits per heavy atom. The third-order valence-electron chi connectivity index (χ3n) is 8.24. The fourth-order valence-corrected chi connectivity index (χ4v) is 6.54. The van der Waals surface area contributed by atoms with Gasteiger partial charge in [0.05, 0.1) is 10.9 Å². The van der Waals surface area contributed by atoms with Crippen molar-refractivity contribution >= 4 is 33.3 Å². The Kier molecular flexibility index (Phi) is 6.48. The van der Waals surface area contributed by atoms with Crippen molar-refractivity contribution in [2.45, 2.75) is 37.8 Å². The van der Waals surface area contributed by atoms with E-state index in [0.29, 0.717) is 22.6 Å². The van der Waals surface area contributed by atoms with Gasteiger partial charge in [-0.3, -0.25) is 9.88 Å². The maximum absolute atomic E-state index is 16.4. The molecule has 8 heteroatoms. The molecule has 4 heterocycles. The minimum atomic E-state index is -0.566. The lowest BCUT2D eigenvalue weighted by molar-refractivity contribution is 0.107. The second-order valence-electron chi connectivity index (χ2n) is 10.6. The zero-order valence-electron chi connectivity index (χ0n) is 21.9. The van der Waals surface area contributed by atoms with Crippen LogP contribution in [0.3, 0.4) is 0 Å². The molecule has 7 rings (SSSR count). The number of fused-ring (bicyclic) bond motifs is 3. The van der Waals surface area contributed by atoms with Crippen LogP contribution in [0.25, 0.3) is 32.9 Å². The van der Waals surface area contributed by atoms with E-state index in [9.17, 15) is 0 Å². The number of hydrogen-bond donors (Lipinski definition) is 0. The lowest BCUT2D eigenvalue weighted by Crippen LogP contribution is -2.43. The molecule has 2 fully saturated rings. The zero-order valence-corrected chi connectivity index (χ0v) is 22.7.